The van der Waals surface area contributed by atoms with E-state index in [1.165, 1.54) is 11.3 Å². The summed E-state index contributed by atoms with van der Waals surface area (Å²) < 4.78 is 37.2. The molecule has 0 aliphatic heterocycles. The minimum Gasteiger partial charge on any atom is -0.351 e. The van der Waals surface area contributed by atoms with Crippen molar-refractivity contribution in [1.82, 2.24) is 9.97 Å². The maximum absolute atomic E-state index is 12.4. The van der Waals surface area contributed by atoms with E-state index in [-0.39, 0.29) is 0 Å². The molecule has 0 aliphatic carbocycles. The van der Waals surface area contributed by atoms with E-state index in [1.54, 1.807) is 18.1 Å². The molecule has 0 aromatic carbocycles. The number of halogens is 3. The van der Waals surface area contributed by atoms with Crippen LogP contribution in [-0.2, 0) is 12.6 Å². The first-order valence-electron chi connectivity index (χ1n) is 5.09. The fourth-order valence-electron chi connectivity index (χ4n) is 1.31. The summed E-state index contributed by atoms with van der Waals surface area (Å²) in [5, 5.41) is 4.25. The van der Waals surface area contributed by atoms with Gasteiger partial charge in [0, 0.05) is 37.0 Å². The zero-order valence-corrected chi connectivity index (χ0v) is 11.1. The van der Waals surface area contributed by atoms with Crippen LogP contribution in [0, 0.1) is 0 Å². The third-order valence-corrected chi connectivity index (χ3v) is 4.05. The minimum absolute atomic E-state index is 0.374. The zero-order valence-electron chi connectivity index (χ0n) is 9.44. The molecule has 0 unspecified atom stereocenters. The van der Waals surface area contributed by atoms with E-state index in [1.807, 2.05) is 5.38 Å². The van der Waals surface area contributed by atoms with Crippen molar-refractivity contribution < 1.29 is 13.2 Å². The van der Waals surface area contributed by atoms with Gasteiger partial charge in [-0.25, -0.2) is 9.97 Å². The Labute approximate surface area is 110 Å². The molecule has 2 heterocycles. The van der Waals surface area contributed by atoms with E-state index >= 15 is 0 Å². The summed E-state index contributed by atoms with van der Waals surface area (Å²) >= 11 is 2.53. The topological polar surface area (TPSA) is 29.0 Å². The normalized spacial score (nSPS) is 11.8. The van der Waals surface area contributed by atoms with Crippen LogP contribution >= 0.6 is 22.7 Å². The molecule has 0 amide bonds. The smallest absolute Gasteiger partial charge is 0.351 e. The summed E-state index contributed by atoms with van der Waals surface area (Å²) in [6.45, 7) is 0.596. The third-order valence-electron chi connectivity index (χ3n) is 2.25. The van der Waals surface area contributed by atoms with Gasteiger partial charge in [0.05, 0.1) is 5.01 Å². The second-order valence-electron chi connectivity index (χ2n) is 3.61. The van der Waals surface area contributed by atoms with Crippen LogP contribution in [0.5, 0.6) is 0 Å². The van der Waals surface area contributed by atoms with Gasteiger partial charge in [-0.1, -0.05) is 0 Å². The Bertz CT molecular complexity index is 493. The van der Waals surface area contributed by atoms with E-state index in [0.717, 1.165) is 21.7 Å². The number of hydrogen-bond donors (Lipinski definition) is 0. The van der Waals surface area contributed by atoms with Crippen molar-refractivity contribution in [3.63, 3.8) is 0 Å². The van der Waals surface area contributed by atoms with Crippen LogP contribution < -0.4 is 4.90 Å². The number of alkyl halides is 3. The average molecular weight is 293 g/mol. The van der Waals surface area contributed by atoms with Gasteiger partial charge in [0.1, 0.15) is 0 Å². The molecule has 0 fully saturated rings. The predicted molar refractivity (Wildman–Crippen MR) is 66.2 cm³/mol. The first kappa shape index (κ1) is 13.3. The Morgan fingerprint density at radius 2 is 2.11 bits per heavy atom. The molecule has 0 saturated heterocycles. The SMILES string of the molecule is CN(CCc1nccs1)c1nc(C(F)(F)F)cs1. The van der Waals surface area contributed by atoms with Crippen LogP contribution in [0.3, 0.4) is 0 Å². The molecule has 2 rings (SSSR count). The lowest BCUT2D eigenvalue weighted by Crippen LogP contribution is -2.20. The fourth-order valence-corrected chi connectivity index (χ4v) is 2.74. The fraction of sp³-hybridized carbons (Fsp3) is 0.400. The monoisotopic (exact) mass is 293 g/mol. The first-order chi connectivity index (χ1) is 8.47. The molecule has 0 saturated carbocycles. The van der Waals surface area contributed by atoms with Gasteiger partial charge in [0.25, 0.3) is 0 Å². The number of nitrogens with zero attached hydrogens (tertiary/aromatic N) is 3. The summed E-state index contributed by atoms with van der Waals surface area (Å²) in [4.78, 5) is 9.41. The molecule has 0 bridgehead atoms. The molecule has 0 atom stereocenters. The van der Waals surface area contributed by atoms with Gasteiger partial charge in [0.2, 0.25) is 0 Å². The van der Waals surface area contributed by atoms with Crippen LogP contribution in [0.15, 0.2) is 17.0 Å². The molecule has 0 spiro atoms. The van der Waals surface area contributed by atoms with Crippen molar-refractivity contribution in [3.05, 3.63) is 27.7 Å². The van der Waals surface area contributed by atoms with Crippen LogP contribution in [0.4, 0.5) is 18.3 Å². The van der Waals surface area contributed by atoms with Crippen molar-refractivity contribution in [3.8, 4) is 0 Å². The van der Waals surface area contributed by atoms with Crippen LogP contribution in [0.25, 0.3) is 0 Å². The van der Waals surface area contributed by atoms with Crippen molar-refractivity contribution >= 4 is 27.8 Å². The highest BCUT2D eigenvalue weighted by molar-refractivity contribution is 7.13. The van der Waals surface area contributed by atoms with Crippen molar-refractivity contribution in [2.75, 3.05) is 18.5 Å². The number of hydrogen-bond acceptors (Lipinski definition) is 5. The standard InChI is InChI=1S/C10H10F3N3S2/c1-16(4-2-8-14-3-5-17-8)9-15-7(6-18-9)10(11,12)13/h3,5-6H,2,4H2,1H3. The maximum Gasteiger partial charge on any atom is 0.434 e. The highest BCUT2D eigenvalue weighted by Crippen LogP contribution is 2.32. The Morgan fingerprint density at radius 1 is 1.33 bits per heavy atom. The molecular weight excluding hydrogens is 283 g/mol. The van der Waals surface area contributed by atoms with E-state index < -0.39 is 11.9 Å². The lowest BCUT2D eigenvalue weighted by molar-refractivity contribution is -0.140. The van der Waals surface area contributed by atoms with E-state index in [4.69, 9.17) is 0 Å². The van der Waals surface area contributed by atoms with Crippen molar-refractivity contribution in [1.29, 1.82) is 0 Å². The van der Waals surface area contributed by atoms with Gasteiger partial charge in [-0.2, -0.15) is 13.2 Å². The quantitative estimate of drug-likeness (QED) is 0.866. The molecule has 98 valence electrons. The predicted octanol–water partition coefficient (Wildman–Crippen LogP) is 3.30. The van der Waals surface area contributed by atoms with Gasteiger partial charge >= 0.3 is 6.18 Å². The van der Waals surface area contributed by atoms with Gasteiger partial charge in [0.15, 0.2) is 10.8 Å². The molecule has 0 aliphatic rings. The molecule has 3 nitrogen and oxygen atoms in total. The number of likely N-dealkylation sites (N-methyl/N-ethyl adjacent to an activating group) is 1. The lowest BCUT2D eigenvalue weighted by atomic mass is 10.4. The number of thiazole rings is 2. The minimum atomic E-state index is -4.37. The van der Waals surface area contributed by atoms with E-state index in [9.17, 15) is 13.2 Å². The first-order valence-corrected chi connectivity index (χ1v) is 6.85. The second-order valence-corrected chi connectivity index (χ2v) is 5.43. The van der Waals surface area contributed by atoms with Crippen molar-refractivity contribution in [2.24, 2.45) is 0 Å². The van der Waals surface area contributed by atoms with Gasteiger partial charge in [-0.05, 0) is 0 Å². The molecule has 0 radical (unpaired) electrons. The molecule has 2 aromatic heterocycles. The molecule has 8 heteroatoms. The number of rotatable bonds is 4. The van der Waals surface area contributed by atoms with E-state index in [0.29, 0.717) is 18.1 Å². The largest absolute Gasteiger partial charge is 0.434 e. The second kappa shape index (κ2) is 5.23. The van der Waals surface area contributed by atoms with Crippen LogP contribution in [-0.4, -0.2) is 23.6 Å². The van der Waals surface area contributed by atoms with E-state index in [2.05, 4.69) is 9.97 Å². The Morgan fingerprint density at radius 3 is 2.67 bits per heavy atom. The number of anilines is 1. The molecule has 0 N–H and O–H groups in total. The molecule has 18 heavy (non-hydrogen) atoms. The third kappa shape index (κ3) is 3.20. The van der Waals surface area contributed by atoms with Crippen LogP contribution in [0.1, 0.15) is 10.7 Å². The van der Waals surface area contributed by atoms with Gasteiger partial charge in [-0.3, -0.25) is 0 Å². The maximum atomic E-state index is 12.4. The van der Waals surface area contributed by atoms with Crippen molar-refractivity contribution in [2.45, 2.75) is 12.6 Å². The highest BCUT2D eigenvalue weighted by Gasteiger charge is 2.34. The summed E-state index contributed by atoms with van der Waals surface area (Å²) in [5.41, 5.74) is -0.830. The summed E-state index contributed by atoms with van der Waals surface area (Å²) in [6, 6.07) is 0. The summed E-state index contributed by atoms with van der Waals surface area (Å²) in [7, 11) is 1.73. The Balaban J connectivity index is 1.96. The summed E-state index contributed by atoms with van der Waals surface area (Å²) in [6.07, 6.45) is -1.95. The number of aromatic nitrogens is 2. The Hall–Kier alpha value is -1.15. The zero-order chi connectivity index (χ0) is 13.2. The Kier molecular flexibility index (Phi) is 3.86. The van der Waals surface area contributed by atoms with Gasteiger partial charge < -0.3 is 4.90 Å². The lowest BCUT2D eigenvalue weighted by Gasteiger charge is -2.14. The molecular formula is C10H10F3N3S2. The van der Waals surface area contributed by atoms with Crippen LogP contribution in [0.2, 0.25) is 0 Å². The highest BCUT2D eigenvalue weighted by atomic mass is 32.1. The summed E-state index contributed by atoms with van der Waals surface area (Å²) in [5.74, 6) is 0. The average Bonchev–Trinajstić information content (AvgIpc) is 2.96. The van der Waals surface area contributed by atoms with Gasteiger partial charge in [-0.15, -0.1) is 22.7 Å². The molecule has 2 aromatic rings.